The molecule has 0 heterocycles. The fourth-order valence-electron chi connectivity index (χ4n) is 7.31. The molecule has 6 rings (SSSR count). The summed E-state index contributed by atoms with van der Waals surface area (Å²) in [5.74, 6) is 1.96. The number of anilines is 2. The summed E-state index contributed by atoms with van der Waals surface area (Å²) in [4.78, 5) is 0. The van der Waals surface area contributed by atoms with Crippen LogP contribution in [-0.2, 0) is 0 Å². The van der Waals surface area contributed by atoms with Crippen LogP contribution in [-0.4, -0.2) is 13.1 Å². The Morgan fingerprint density at radius 2 is 1.07 bits per heavy atom. The van der Waals surface area contributed by atoms with E-state index in [4.69, 9.17) is 0 Å². The zero-order valence-electron chi connectivity index (χ0n) is 17.6. The molecule has 0 spiro atoms. The molecule has 2 N–H and O–H groups in total. The van der Waals surface area contributed by atoms with Crippen molar-refractivity contribution < 1.29 is 0 Å². The monoisotopic (exact) mass is 530 g/mol. The van der Waals surface area contributed by atoms with Gasteiger partial charge in [0.1, 0.15) is 0 Å². The third-order valence-corrected chi connectivity index (χ3v) is 9.02. The highest BCUT2D eigenvalue weighted by Crippen LogP contribution is 2.67. The largest absolute Gasteiger partial charge is 0.385 e. The second-order valence-electron chi connectivity index (χ2n) is 10.3. The summed E-state index contributed by atoms with van der Waals surface area (Å²) in [6.07, 6.45) is 11.5. The van der Waals surface area contributed by atoms with Gasteiger partial charge in [-0.15, -0.1) is 0 Å². The van der Waals surface area contributed by atoms with Gasteiger partial charge in [0, 0.05) is 33.4 Å². The number of rotatable bonds is 8. The highest BCUT2D eigenvalue weighted by molar-refractivity contribution is 9.10. The van der Waals surface area contributed by atoms with Gasteiger partial charge < -0.3 is 10.6 Å². The Hall–Kier alpha value is -1.00. The maximum Gasteiger partial charge on any atom is 0.0340 e. The minimum Gasteiger partial charge on any atom is -0.385 e. The molecule has 4 saturated carbocycles. The first kappa shape index (κ1) is 20.9. The molecule has 4 bridgehead atoms. The van der Waals surface area contributed by atoms with Crippen molar-refractivity contribution in [2.24, 2.45) is 22.7 Å². The van der Waals surface area contributed by atoms with Gasteiger partial charge in [-0.25, -0.2) is 0 Å². The second kappa shape index (κ2) is 8.50. The van der Waals surface area contributed by atoms with Crippen LogP contribution in [0.5, 0.6) is 0 Å². The van der Waals surface area contributed by atoms with E-state index >= 15 is 0 Å². The van der Waals surface area contributed by atoms with Gasteiger partial charge in [0.25, 0.3) is 0 Å². The van der Waals surface area contributed by atoms with E-state index in [0.717, 1.165) is 33.9 Å². The van der Waals surface area contributed by atoms with E-state index in [-0.39, 0.29) is 0 Å². The SMILES string of the molecule is Brc1ccc(NCCC23CC4CC(C2)CC(CCNc2ccc(Br)cc2)(C4)C3)cc1. The van der Waals surface area contributed by atoms with E-state index in [9.17, 15) is 0 Å². The topological polar surface area (TPSA) is 24.1 Å². The Bertz CT molecular complexity index is 778. The maximum absolute atomic E-state index is 3.69. The highest BCUT2D eigenvalue weighted by atomic mass is 79.9. The van der Waals surface area contributed by atoms with Crippen LogP contribution in [0, 0.1) is 22.7 Å². The van der Waals surface area contributed by atoms with Crippen molar-refractivity contribution in [3.8, 4) is 0 Å². The summed E-state index contributed by atoms with van der Waals surface area (Å²) in [6.45, 7) is 2.21. The first-order valence-electron chi connectivity index (χ1n) is 11.5. The summed E-state index contributed by atoms with van der Waals surface area (Å²) in [5, 5.41) is 7.38. The van der Waals surface area contributed by atoms with Crippen molar-refractivity contribution in [2.45, 2.75) is 51.4 Å². The van der Waals surface area contributed by atoms with Gasteiger partial charge in [-0.1, -0.05) is 31.9 Å². The normalized spacial score (nSPS) is 31.7. The quantitative estimate of drug-likeness (QED) is 0.359. The second-order valence-corrected chi connectivity index (χ2v) is 12.2. The van der Waals surface area contributed by atoms with Gasteiger partial charge in [0.15, 0.2) is 0 Å². The Labute approximate surface area is 197 Å². The third kappa shape index (κ3) is 4.60. The molecule has 2 aromatic carbocycles. The van der Waals surface area contributed by atoms with Crippen LogP contribution in [0.3, 0.4) is 0 Å². The summed E-state index contributed by atoms with van der Waals surface area (Å²) < 4.78 is 2.29. The molecule has 0 aromatic heterocycles. The van der Waals surface area contributed by atoms with Gasteiger partial charge in [0.05, 0.1) is 0 Å². The van der Waals surface area contributed by atoms with Gasteiger partial charge in [-0.3, -0.25) is 0 Å². The number of nitrogens with one attached hydrogen (secondary N) is 2. The van der Waals surface area contributed by atoms with Crippen LogP contribution in [0.15, 0.2) is 57.5 Å². The summed E-state index contributed by atoms with van der Waals surface area (Å²) >= 11 is 7.06. The Morgan fingerprint density at radius 3 is 1.47 bits per heavy atom. The average molecular weight is 532 g/mol. The van der Waals surface area contributed by atoms with Crippen LogP contribution in [0.2, 0.25) is 0 Å². The zero-order chi connectivity index (χ0) is 20.6. The molecule has 4 heteroatoms. The third-order valence-electron chi connectivity index (χ3n) is 7.96. The molecular formula is C26H32Br2N2. The average Bonchev–Trinajstić information content (AvgIpc) is 2.70. The van der Waals surface area contributed by atoms with Gasteiger partial charge in [0.2, 0.25) is 0 Å². The van der Waals surface area contributed by atoms with Crippen molar-refractivity contribution >= 4 is 43.2 Å². The smallest absolute Gasteiger partial charge is 0.0340 e. The zero-order valence-corrected chi connectivity index (χ0v) is 20.8. The highest BCUT2D eigenvalue weighted by Gasteiger charge is 2.56. The molecule has 2 nitrogen and oxygen atoms in total. The lowest BCUT2D eigenvalue weighted by molar-refractivity contribution is -0.114. The molecule has 0 aliphatic heterocycles. The van der Waals surface area contributed by atoms with Crippen molar-refractivity contribution in [1.29, 1.82) is 0 Å². The molecule has 160 valence electrons. The van der Waals surface area contributed by atoms with Crippen molar-refractivity contribution in [2.75, 3.05) is 23.7 Å². The molecule has 0 radical (unpaired) electrons. The Kier molecular flexibility index (Phi) is 5.92. The lowest BCUT2D eigenvalue weighted by Crippen LogP contribution is -2.52. The van der Waals surface area contributed by atoms with E-state index in [0.29, 0.717) is 10.8 Å². The Morgan fingerprint density at radius 1 is 0.667 bits per heavy atom. The van der Waals surface area contributed by atoms with Crippen molar-refractivity contribution in [1.82, 2.24) is 0 Å². The maximum atomic E-state index is 3.69. The molecule has 0 saturated heterocycles. The fraction of sp³-hybridized carbons (Fsp3) is 0.538. The van der Waals surface area contributed by atoms with E-state index in [1.165, 1.54) is 62.7 Å². The first-order valence-corrected chi connectivity index (χ1v) is 13.1. The number of hydrogen-bond donors (Lipinski definition) is 2. The summed E-state index contributed by atoms with van der Waals surface area (Å²) in [6, 6.07) is 17.2. The van der Waals surface area contributed by atoms with Gasteiger partial charge in [-0.2, -0.15) is 0 Å². The van der Waals surface area contributed by atoms with E-state index in [1.54, 1.807) is 0 Å². The van der Waals surface area contributed by atoms with Crippen LogP contribution in [0.25, 0.3) is 0 Å². The molecule has 0 unspecified atom stereocenters. The molecule has 4 aliphatic carbocycles. The molecular weight excluding hydrogens is 500 g/mol. The van der Waals surface area contributed by atoms with Gasteiger partial charge >= 0.3 is 0 Å². The minimum absolute atomic E-state index is 0.587. The van der Waals surface area contributed by atoms with E-state index in [1.807, 2.05) is 0 Å². The predicted octanol–water partition coefficient (Wildman–Crippen LogP) is 8.10. The van der Waals surface area contributed by atoms with Crippen LogP contribution < -0.4 is 10.6 Å². The van der Waals surface area contributed by atoms with E-state index in [2.05, 4.69) is 91.0 Å². The summed E-state index contributed by atoms with van der Waals surface area (Å²) in [5.41, 5.74) is 3.67. The number of benzene rings is 2. The summed E-state index contributed by atoms with van der Waals surface area (Å²) in [7, 11) is 0. The lowest BCUT2D eigenvalue weighted by Gasteiger charge is -2.62. The van der Waals surface area contributed by atoms with Gasteiger partial charge in [-0.05, 0) is 123 Å². The van der Waals surface area contributed by atoms with E-state index < -0.39 is 0 Å². The molecule has 4 aliphatic rings. The van der Waals surface area contributed by atoms with Crippen LogP contribution in [0.4, 0.5) is 11.4 Å². The van der Waals surface area contributed by atoms with Crippen LogP contribution in [0.1, 0.15) is 51.4 Å². The molecule has 4 fully saturated rings. The standard InChI is InChI=1S/C26H32Br2N2/c27-21-1-5-23(6-2-21)29-11-9-25-14-19-13-20(15-25)17-26(16-19,18-25)10-12-30-24-7-3-22(28)4-8-24/h1-8,19-20,29-30H,9-18H2. The van der Waals surface area contributed by atoms with Crippen molar-refractivity contribution in [3.63, 3.8) is 0 Å². The fourth-order valence-corrected chi connectivity index (χ4v) is 7.84. The van der Waals surface area contributed by atoms with Crippen molar-refractivity contribution in [3.05, 3.63) is 57.5 Å². The Balaban J connectivity index is 1.19. The predicted molar refractivity (Wildman–Crippen MR) is 134 cm³/mol. The minimum atomic E-state index is 0.587. The molecule has 30 heavy (non-hydrogen) atoms. The molecule has 0 amide bonds. The number of hydrogen-bond acceptors (Lipinski definition) is 2. The van der Waals surface area contributed by atoms with Crippen LogP contribution >= 0.6 is 31.9 Å². The first-order chi connectivity index (χ1) is 14.5. The molecule has 2 aromatic rings. The molecule has 0 atom stereocenters. The lowest BCUT2D eigenvalue weighted by atomic mass is 9.43. The number of halogens is 2.